The number of imidazole rings is 1. The van der Waals surface area contributed by atoms with Crippen LogP contribution in [0.1, 0.15) is 11.4 Å². The molecule has 0 aliphatic rings. The maximum Gasteiger partial charge on any atom is 0.161 e. The van der Waals surface area contributed by atoms with Crippen molar-refractivity contribution >= 4 is 16.5 Å². The number of pyridine rings is 1. The number of hydrogen-bond donors (Lipinski definition) is 1. The van der Waals surface area contributed by atoms with E-state index >= 15 is 0 Å². The lowest BCUT2D eigenvalue weighted by molar-refractivity contribution is 0.687. The van der Waals surface area contributed by atoms with E-state index in [4.69, 9.17) is 0 Å². The molecule has 0 saturated carbocycles. The van der Waals surface area contributed by atoms with Crippen molar-refractivity contribution in [1.29, 1.82) is 0 Å². The quantitative estimate of drug-likeness (QED) is 0.783. The summed E-state index contributed by atoms with van der Waals surface area (Å²) in [7, 11) is -0.944. The molecule has 0 aliphatic heterocycles. The van der Waals surface area contributed by atoms with E-state index in [1.807, 2.05) is 54.1 Å². The lowest BCUT2D eigenvalue weighted by Crippen LogP contribution is -2.07. The van der Waals surface area contributed by atoms with Crippen LogP contribution in [-0.4, -0.2) is 25.0 Å². The lowest BCUT2D eigenvalue weighted by Gasteiger charge is -2.12. The number of aryl methyl sites for hydroxylation is 1. The first-order valence-electron chi connectivity index (χ1n) is 7.27. The van der Waals surface area contributed by atoms with E-state index in [1.54, 1.807) is 18.6 Å². The van der Waals surface area contributed by atoms with Crippen LogP contribution >= 0.6 is 0 Å². The predicted octanol–water partition coefficient (Wildman–Crippen LogP) is 2.93. The first-order valence-corrected chi connectivity index (χ1v) is 8.82. The molecule has 1 aromatic carbocycles. The molecule has 3 rings (SSSR count). The van der Waals surface area contributed by atoms with E-state index in [0.29, 0.717) is 6.54 Å². The van der Waals surface area contributed by atoms with Gasteiger partial charge in [-0.05, 0) is 36.8 Å². The molecule has 2 aromatic heterocycles. The van der Waals surface area contributed by atoms with Gasteiger partial charge < -0.3 is 5.32 Å². The Morgan fingerprint density at radius 3 is 2.57 bits per heavy atom. The predicted molar refractivity (Wildman–Crippen MR) is 92.2 cm³/mol. The summed E-state index contributed by atoms with van der Waals surface area (Å²) in [5.74, 6) is 1.72. The minimum absolute atomic E-state index is 0.670. The molecule has 0 unspecified atom stereocenters. The number of anilines is 1. The van der Waals surface area contributed by atoms with Gasteiger partial charge in [-0.1, -0.05) is 12.1 Å². The largest absolute Gasteiger partial charge is 0.378 e. The minimum atomic E-state index is -0.944. The molecular weight excluding hydrogens is 308 g/mol. The van der Waals surface area contributed by atoms with Crippen LogP contribution in [0.4, 0.5) is 5.69 Å². The van der Waals surface area contributed by atoms with Crippen LogP contribution in [-0.2, 0) is 17.3 Å². The molecule has 6 heteroatoms. The number of rotatable bonds is 5. The fraction of sp³-hybridized carbons (Fsp3) is 0.176. The monoisotopic (exact) mass is 326 g/mol. The van der Waals surface area contributed by atoms with E-state index in [9.17, 15) is 4.21 Å². The van der Waals surface area contributed by atoms with Gasteiger partial charge >= 0.3 is 0 Å². The van der Waals surface area contributed by atoms with Gasteiger partial charge in [-0.3, -0.25) is 8.78 Å². The Morgan fingerprint density at radius 1 is 1.13 bits per heavy atom. The van der Waals surface area contributed by atoms with E-state index in [2.05, 4.69) is 15.3 Å². The normalized spacial score (nSPS) is 12.1. The van der Waals surface area contributed by atoms with Crippen molar-refractivity contribution < 1.29 is 4.21 Å². The van der Waals surface area contributed by atoms with Crippen molar-refractivity contribution in [3.63, 3.8) is 0 Å². The summed E-state index contributed by atoms with van der Waals surface area (Å²) in [6, 6.07) is 11.7. The number of nitrogens with one attached hydrogen (secondary N) is 1. The molecule has 3 aromatic rings. The van der Waals surface area contributed by atoms with Gasteiger partial charge in [-0.15, -0.1) is 0 Å². The molecule has 0 saturated heterocycles. The summed E-state index contributed by atoms with van der Waals surface area (Å²) in [6.45, 7) is 2.62. The van der Waals surface area contributed by atoms with Crippen molar-refractivity contribution in [2.45, 2.75) is 18.4 Å². The summed E-state index contributed by atoms with van der Waals surface area (Å²) in [4.78, 5) is 9.53. The average molecular weight is 326 g/mol. The molecule has 118 valence electrons. The number of hydrogen-bond acceptors (Lipinski definition) is 4. The minimum Gasteiger partial charge on any atom is -0.378 e. The summed E-state index contributed by atoms with van der Waals surface area (Å²) in [5.41, 5.74) is 2.06. The highest BCUT2D eigenvalue weighted by molar-refractivity contribution is 7.84. The Balaban J connectivity index is 1.79. The standard InChI is InChI=1S/C17H18N4OS/c1-13-18-10-11-21(13)17-16(4-3-9-19-17)20-12-14-5-7-15(8-6-14)23(2)22/h3-11,20H,12H2,1-2H3/t23-/m1/s1. The first-order chi connectivity index (χ1) is 11.1. The van der Waals surface area contributed by atoms with Crippen LogP contribution in [0.25, 0.3) is 5.82 Å². The van der Waals surface area contributed by atoms with Crippen molar-refractivity contribution in [2.75, 3.05) is 11.6 Å². The topological polar surface area (TPSA) is 59.8 Å². The second-order valence-corrected chi connectivity index (χ2v) is 6.55. The van der Waals surface area contributed by atoms with Crippen molar-refractivity contribution in [2.24, 2.45) is 0 Å². The van der Waals surface area contributed by atoms with Crippen LogP contribution in [0, 0.1) is 6.92 Å². The highest BCUT2D eigenvalue weighted by Crippen LogP contribution is 2.19. The zero-order chi connectivity index (χ0) is 16.2. The van der Waals surface area contributed by atoms with Gasteiger partial charge in [0, 0.05) is 47.1 Å². The third-order valence-corrected chi connectivity index (χ3v) is 4.51. The van der Waals surface area contributed by atoms with Gasteiger partial charge in [0.05, 0.1) is 5.69 Å². The van der Waals surface area contributed by atoms with Crippen LogP contribution in [0.5, 0.6) is 0 Å². The van der Waals surface area contributed by atoms with Crippen molar-refractivity contribution in [3.05, 3.63) is 66.4 Å². The van der Waals surface area contributed by atoms with E-state index in [0.717, 1.165) is 27.8 Å². The van der Waals surface area contributed by atoms with Crippen LogP contribution in [0.15, 0.2) is 59.9 Å². The molecule has 0 aliphatic carbocycles. The third kappa shape index (κ3) is 3.48. The highest BCUT2D eigenvalue weighted by atomic mass is 32.2. The van der Waals surface area contributed by atoms with Gasteiger partial charge in [0.25, 0.3) is 0 Å². The molecule has 1 N–H and O–H groups in total. The fourth-order valence-electron chi connectivity index (χ4n) is 2.32. The lowest BCUT2D eigenvalue weighted by atomic mass is 10.2. The third-order valence-electron chi connectivity index (χ3n) is 3.58. The molecule has 0 amide bonds. The maximum absolute atomic E-state index is 11.4. The zero-order valence-corrected chi connectivity index (χ0v) is 13.9. The Labute approximate surface area is 137 Å². The summed E-state index contributed by atoms with van der Waals surface area (Å²) in [5, 5.41) is 3.41. The Hall–Kier alpha value is -2.47. The van der Waals surface area contributed by atoms with Crippen molar-refractivity contribution in [3.8, 4) is 5.82 Å². The Bertz CT molecular complexity index is 827. The second kappa shape index (κ2) is 6.75. The molecule has 1 atom stereocenters. The maximum atomic E-state index is 11.4. The van der Waals surface area contributed by atoms with Gasteiger partial charge in [0.1, 0.15) is 5.82 Å². The SMILES string of the molecule is Cc1nccn1-c1ncccc1NCc1ccc([S@@](C)=O)cc1. The van der Waals surface area contributed by atoms with Crippen LogP contribution < -0.4 is 5.32 Å². The molecule has 0 radical (unpaired) electrons. The smallest absolute Gasteiger partial charge is 0.161 e. The summed E-state index contributed by atoms with van der Waals surface area (Å²) < 4.78 is 13.4. The number of benzene rings is 1. The number of aromatic nitrogens is 3. The molecule has 0 bridgehead atoms. The summed E-state index contributed by atoms with van der Waals surface area (Å²) >= 11 is 0. The zero-order valence-electron chi connectivity index (χ0n) is 13.1. The molecular formula is C17H18N4OS. The highest BCUT2D eigenvalue weighted by Gasteiger charge is 2.08. The van der Waals surface area contributed by atoms with Crippen molar-refractivity contribution in [1.82, 2.24) is 14.5 Å². The average Bonchev–Trinajstić information content (AvgIpc) is 2.99. The fourth-order valence-corrected chi connectivity index (χ4v) is 2.84. The van der Waals surface area contributed by atoms with E-state index in [-0.39, 0.29) is 0 Å². The van der Waals surface area contributed by atoms with E-state index < -0.39 is 10.8 Å². The summed E-state index contributed by atoms with van der Waals surface area (Å²) in [6.07, 6.45) is 7.11. The first kappa shape index (κ1) is 15.4. The molecule has 5 nitrogen and oxygen atoms in total. The number of nitrogens with zero attached hydrogens (tertiary/aromatic N) is 3. The second-order valence-electron chi connectivity index (χ2n) is 5.17. The van der Waals surface area contributed by atoms with Gasteiger partial charge in [-0.25, -0.2) is 9.97 Å². The molecule has 23 heavy (non-hydrogen) atoms. The van der Waals surface area contributed by atoms with E-state index in [1.165, 1.54) is 0 Å². The van der Waals surface area contributed by atoms with Gasteiger partial charge in [0.2, 0.25) is 0 Å². The Kier molecular flexibility index (Phi) is 4.52. The van der Waals surface area contributed by atoms with Crippen LogP contribution in [0.2, 0.25) is 0 Å². The Morgan fingerprint density at radius 2 is 1.91 bits per heavy atom. The van der Waals surface area contributed by atoms with Gasteiger partial charge in [0.15, 0.2) is 5.82 Å². The molecule has 0 spiro atoms. The molecule has 0 fully saturated rings. The van der Waals surface area contributed by atoms with Gasteiger partial charge in [-0.2, -0.15) is 0 Å². The van der Waals surface area contributed by atoms with Crippen LogP contribution in [0.3, 0.4) is 0 Å². The molecule has 2 heterocycles.